The van der Waals surface area contributed by atoms with E-state index in [2.05, 4.69) is 40.2 Å². The van der Waals surface area contributed by atoms with Gasteiger partial charge in [-0.2, -0.15) is 0 Å². The molecule has 0 amide bonds. The summed E-state index contributed by atoms with van der Waals surface area (Å²) in [4.78, 5) is 0. The van der Waals surface area contributed by atoms with Crippen molar-refractivity contribution in [1.29, 1.82) is 0 Å². The highest BCUT2D eigenvalue weighted by molar-refractivity contribution is 9.09. The first-order chi connectivity index (χ1) is 10.8. The topological polar surface area (TPSA) is 18.5 Å². The van der Waals surface area contributed by atoms with Gasteiger partial charge in [0.25, 0.3) is 0 Å². The van der Waals surface area contributed by atoms with E-state index < -0.39 is 5.79 Å². The summed E-state index contributed by atoms with van der Waals surface area (Å²) < 4.78 is 12.9. The highest BCUT2D eigenvalue weighted by Crippen LogP contribution is 2.57. The Morgan fingerprint density at radius 1 is 0.909 bits per heavy atom. The molecule has 1 aliphatic heterocycles. The lowest BCUT2D eigenvalue weighted by atomic mass is 9.97. The lowest BCUT2D eigenvalue weighted by molar-refractivity contribution is -0.213. The van der Waals surface area contributed by atoms with Crippen LogP contribution in [0.4, 0.5) is 0 Å². The van der Waals surface area contributed by atoms with Crippen LogP contribution in [0.1, 0.15) is 17.5 Å². The molecule has 0 bridgehead atoms. The lowest BCUT2D eigenvalue weighted by Gasteiger charge is -2.34. The number of alkyl halides is 1. The molecule has 2 nitrogen and oxygen atoms in total. The van der Waals surface area contributed by atoms with E-state index in [4.69, 9.17) is 9.47 Å². The minimum absolute atomic E-state index is 0.255. The Morgan fingerprint density at radius 2 is 1.50 bits per heavy atom. The van der Waals surface area contributed by atoms with Crippen LogP contribution < -0.4 is 0 Å². The molecule has 4 rings (SSSR count). The maximum atomic E-state index is 6.46. The van der Waals surface area contributed by atoms with Crippen LogP contribution in [-0.4, -0.2) is 18.5 Å². The molecule has 1 saturated heterocycles. The molecule has 0 radical (unpaired) electrons. The highest BCUT2D eigenvalue weighted by Gasteiger charge is 2.58. The molecular formula is C19H19BrO2. The first-order valence-corrected chi connectivity index (χ1v) is 8.86. The molecule has 2 aromatic rings. The van der Waals surface area contributed by atoms with Gasteiger partial charge >= 0.3 is 0 Å². The molecule has 1 aliphatic carbocycles. The van der Waals surface area contributed by atoms with Crippen molar-refractivity contribution in [3.8, 4) is 0 Å². The Bertz CT molecular complexity index is 603. The molecule has 0 unspecified atom stereocenters. The van der Waals surface area contributed by atoms with Gasteiger partial charge in [0.05, 0.1) is 13.2 Å². The summed E-state index contributed by atoms with van der Waals surface area (Å²) in [6.45, 7) is 1.47. The number of benzene rings is 2. The summed E-state index contributed by atoms with van der Waals surface area (Å²) in [6, 6.07) is 20.6. The van der Waals surface area contributed by atoms with Crippen molar-refractivity contribution >= 4 is 15.9 Å². The largest absolute Gasteiger partial charge is 0.342 e. The first-order valence-electron chi connectivity index (χ1n) is 7.74. The Labute approximate surface area is 139 Å². The van der Waals surface area contributed by atoms with Crippen LogP contribution in [0.25, 0.3) is 0 Å². The monoisotopic (exact) mass is 358 g/mol. The third-order valence-electron chi connectivity index (χ3n) is 4.98. The van der Waals surface area contributed by atoms with Gasteiger partial charge in [-0.25, -0.2) is 0 Å². The Balaban J connectivity index is 1.77. The van der Waals surface area contributed by atoms with Crippen LogP contribution in [0.3, 0.4) is 0 Å². The van der Waals surface area contributed by atoms with E-state index in [-0.39, 0.29) is 5.41 Å². The summed E-state index contributed by atoms with van der Waals surface area (Å²) >= 11 is 3.66. The Kier molecular flexibility index (Phi) is 3.60. The minimum atomic E-state index is -0.787. The molecular weight excluding hydrogens is 340 g/mol. The molecule has 1 saturated carbocycles. The number of hydrogen-bond donors (Lipinski definition) is 0. The second-order valence-electron chi connectivity index (χ2n) is 6.35. The average Bonchev–Trinajstić information content (AvgIpc) is 3.32. The minimum Gasteiger partial charge on any atom is -0.342 e. The smallest absolute Gasteiger partial charge is 0.222 e. The molecule has 0 N–H and O–H groups in total. The molecule has 2 aliphatic rings. The predicted octanol–water partition coefficient (Wildman–Crippen LogP) is 4.34. The van der Waals surface area contributed by atoms with E-state index in [1.54, 1.807) is 0 Å². The molecule has 0 spiro atoms. The van der Waals surface area contributed by atoms with Gasteiger partial charge in [0.1, 0.15) is 0 Å². The van der Waals surface area contributed by atoms with E-state index >= 15 is 0 Å². The molecule has 2 atom stereocenters. The van der Waals surface area contributed by atoms with Gasteiger partial charge in [-0.3, -0.25) is 0 Å². The van der Waals surface area contributed by atoms with Gasteiger partial charge < -0.3 is 9.47 Å². The molecule has 2 fully saturated rings. The van der Waals surface area contributed by atoms with Crippen molar-refractivity contribution in [2.75, 3.05) is 18.5 Å². The normalized spacial score (nSPS) is 29.4. The zero-order chi connectivity index (χ0) is 15.0. The second kappa shape index (κ2) is 5.48. The maximum absolute atomic E-state index is 6.46. The summed E-state index contributed by atoms with van der Waals surface area (Å²) in [5, 5.41) is 0.980. The maximum Gasteiger partial charge on any atom is 0.222 e. The summed E-state index contributed by atoms with van der Waals surface area (Å²) in [5.74, 6) is -0.188. The fourth-order valence-electron chi connectivity index (χ4n) is 3.37. The SMILES string of the molecule is BrC[C@@]12COC(c3ccccc3)(c3ccccc3)OC[C@@H]1C2. The second-order valence-corrected chi connectivity index (χ2v) is 6.91. The number of hydrogen-bond acceptors (Lipinski definition) is 2. The first kappa shape index (κ1) is 14.4. The van der Waals surface area contributed by atoms with E-state index in [0.717, 1.165) is 29.7 Å². The van der Waals surface area contributed by atoms with Gasteiger partial charge in [0.15, 0.2) is 0 Å². The van der Waals surface area contributed by atoms with E-state index in [0.29, 0.717) is 5.92 Å². The van der Waals surface area contributed by atoms with Crippen LogP contribution >= 0.6 is 15.9 Å². The quantitative estimate of drug-likeness (QED) is 0.760. The van der Waals surface area contributed by atoms with Crippen molar-refractivity contribution in [3.05, 3.63) is 71.8 Å². The van der Waals surface area contributed by atoms with Crippen molar-refractivity contribution < 1.29 is 9.47 Å². The van der Waals surface area contributed by atoms with Gasteiger partial charge in [0.2, 0.25) is 5.79 Å². The molecule has 2 aromatic carbocycles. The van der Waals surface area contributed by atoms with Crippen molar-refractivity contribution in [2.45, 2.75) is 12.2 Å². The van der Waals surface area contributed by atoms with Gasteiger partial charge in [-0.05, 0) is 12.3 Å². The number of ether oxygens (including phenoxy) is 2. The number of rotatable bonds is 3. The predicted molar refractivity (Wildman–Crippen MR) is 89.9 cm³/mol. The van der Waals surface area contributed by atoms with Gasteiger partial charge in [-0.15, -0.1) is 0 Å². The Hall–Kier alpha value is -1.16. The Morgan fingerprint density at radius 3 is 2.05 bits per heavy atom. The molecule has 22 heavy (non-hydrogen) atoms. The summed E-state index contributed by atoms with van der Waals surface area (Å²) in [6.07, 6.45) is 1.19. The van der Waals surface area contributed by atoms with Crippen LogP contribution in [0.2, 0.25) is 0 Å². The zero-order valence-corrected chi connectivity index (χ0v) is 14.0. The van der Waals surface area contributed by atoms with Crippen LogP contribution in [0.5, 0.6) is 0 Å². The summed E-state index contributed by atoms with van der Waals surface area (Å²) in [7, 11) is 0. The van der Waals surface area contributed by atoms with Crippen molar-refractivity contribution in [2.24, 2.45) is 11.3 Å². The molecule has 114 valence electrons. The van der Waals surface area contributed by atoms with E-state index in [1.807, 2.05) is 36.4 Å². The van der Waals surface area contributed by atoms with Crippen molar-refractivity contribution in [3.63, 3.8) is 0 Å². The van der Waals surface area contributed by atoms with Crippen LogP contribution in [-0.2, 0) is 15.3 Å². The zero-order valence-electron chi connectivity index (χ0n) is 12.4. The van der Waals surface area contributed by atoms with Gasteiger partial charge in [0, 0.05) is 21.9 Å². The van der Waals surface area contributed by atoms with E-state index in [9.17, 15) is 0 Å². The summed E-state index contributed by atoms with van der Waals surface area (Å²) in [5.41, 5.74) is 2.38. The number of halogens is 1. The van der Waals surface area contributed by atoms with Gasteiger partial charge in [-0.1, -0.05) is 76.6 Å². The third-order valence-corrected chi connectivity index (χ3v) is 6.10. The fourth-order valence-corrected chi connectivity index (χ4v) is 4.22. The van der Waals surface area contributed by atoms with E-state index in [1.165, 1.54) is 6.42 Å². The lowest BCUT2D eigenvalue weighted by Crippen LogP contribution is -2.35. The fraction of sp³-hybridized carbons (Fsp3) is 0.368. The third kappa shape index (κ3) is 2.23. The van der Waals surface area contributed by atoms with Crippen molar-refractivity contribution in [1.82, 2.24) is 0 Å². The molecule has 1 heterocycles. The van der Waals surface area contributed by atoms with Crippen LogP contribution in [0, 0.1) is 11.3 Å². The average molecular weight is 359 g/mol. The number of fused-ring (bicyclic) bond motifs is 1. The molecule has 3 heteroatoms. The molecule has 0 aromatic heterocycles. The van der Waals surface area contributed by atoms with Crippen LogP contribution in [0.15, 0.2) is 60.7 Å². The standard InChI is InChI=1S/C19H19BrO2/c20-13-18-11-17(18)12-21-19(22-14-18,15-7-3-1-4-8-15)16-9-5-2-6-10-16/h1-10,17H,11-14H2/t17-,18-/m0/s1. The highest BCUT2D eigenvalue weighted by atomic mass is 79.9.